The average Bonchev–Trinajstić information content (AvgIpc) is 2.69. The van der Waals surface area contributed by atoms with E-state index in [4.69, 9.17) is 9.73 Å². The summed E-state index contributed by atoms with van der Waals surface area (Å²) >= 11 is 0. The summed E-state index contributed by atoms with van der Waals surface area (Å²) in [5, 5.41) is 0. The lowest BCUT2D eigenvalue weighted by Crippen LogP contribution is -2.38. The van der Waals surface area contributed by atoms with E-state index in [1.165, 1.54) is 16.8 Å². The molecule has 0 bridgehead atoms. The van der Waals surface area contributed by atoms with E-state index >= 15 is 0 Å². The van der Waals surface area contributed by atoms with Gasteiger partial charge in [0, 0.05) is 57.4 Å². The molecule has 0 spiro atoms. The Bertz CT molecular complexity index is 725. The fraction of sp³-hybridized carbons (Fsp3) is 0.476. The predicted octanol–water partition coefficient (Wildman–Crippen LogP) is 1.78. The SMILES string of the molecule is C(#CN1CCOCC1)CN1CCC2=C(CN(Cc3ccccc3)C=N2)C1. The smallest absolute Gasteiger partial charge is 0.0914 e. The van der Waals surface area contributed by atoms with Crippen LogP contribution in [-0.2, 0) is 11.3 Å². The Morgan fingerprint density at radius 1 is 1.04 bits per heavy atom. The maximum atomic E-state index is 5.36. The Kier molecular flexibility index (Phi) is 5.53. The van der Waals surface area contributed by atoms with Gasteiger partial charge in [0.1, 0.15) is 0 Å². The van der Waals surface area contributed by atoms with E-state index < -0.39 is 0 Å². The predicted molar refractivity (Wildman–Crippen MR) is 104 cm³/mol. The van der Waals surface area contributed by atoms with Gasteiger partial charge in [-0.05, 0) is 11.1 Å². The summed E-state index contributed by atoms with van der Waals surface area (Å²) in [7, 11) is 0. The first-order valence-electron chi connectivity index (χ1n) is 9.43. The van der Waals surface area contributed by atoms with Gasteiger partial charge in [0.15, 0.2) is 0 Å². The summed E-state index contributed by atoms with van der Waals surface area (Å²) in [6.45, 7) is 8.18. The first kappa shape index (κ1) is 17.1. The lowest BCUT2D eigenvalue weighted by molar-refractivity contribution is 0.0637. The zero-order valence-corrected chi connectivity index (χ0v) is 15.2. The highest BCUT2D eigenvalue weighted by atomic mass is 16.5. The molecule has 1 fully saturated rings. The molecule has 3 aliphatic rings. The summed E-state index contributed by atoms with van der Waals surface area (Å²) < 4.78 is 5.36. The minimum absolute atomic E-state index is 0.796. The molecule has 0 atom stereocenters. The summed E-state index contributed by atoms with van der Waals surface area (Å²) in [6.07, 6.45) is 3.05. The van der Waals surface area contributed by atoms with Crippen molar-refractivity contribution in [3.63, 3.8) is 0 Å². The molecule has 5 nitrogen and oxygen atoms in total. The third kappa shape index (κ3) is 4.46. The highest BCUT2D eigenvalue weighted by Crippen LogP contribution is 2.23. The van der Waals surface area contributed by atoms with Gasteiger partial charge in [0.2, 0.25) is 0 Å². The van der Waals surface area contributed by atoms with Crippen molar-refractivity contribution in [2.45, 2.75) is 13.0 Å². The molecule has 0 N–H and O–H groups in total. The quantitative estimate of drug-likeness (QED) is 0.778. The molecule has 1 aromatic rings. The fourth-order valence-electron chi connectivity index (χ4n) is 3.60. The standard InChI is InChI=1S/C21H26N4O/c1-2-5-19(6-3-1)15-25-17-20-16-24(10-7-21(20)22-18-25)9-4-8-23-11-13-26-14-12-23/h1-3,5-6,18H,7,9-17H2. The molecule has 136 valence electrons. The van der Waals surface area contributed by atoms with Crippen LogP contribution in [-0.4, -0.2) is 73.5 Å². The summed E-state index contributed by atoms with van der Waals surface area (Å²) in [5.74, 6) is 3.34. The van der Waals surface area contributed by atoms with Gasteiger partial charge < -0.3 is 14.5 Å². The van der Waals surface area contributed by atoms with E-state index in [0.29, 0.717) is 0 Å². The molecule has 5 heteroatoms. The molecular formula is C21H26N4O. The van der Waals surface area contributed by atoms with Crippen molar-refractivity contribution in [2.24, 2.45) is 4.99 Å². The average molecular weight is 350 g/mol. The number of ether oxygens (including phenoxy) is 1. The molecule has 3 heterocycles. The maximum absolute atomic E-state index is 5.36. The van der Waals surface area contributed by atoms with Crippen molar-refractivity contribution < 1.29 is 4.74 Å². The second-order valence-corrected chi connectivity index (χ2v) is 7.03. The van der Waals surface area contributed by atoms with Gasteiger partial charge in [0.25, 0.3) is 0 Å². The molecule has 0 unspecified atom stereocenters. The van der Waals surface area contributed by atoms with Gasteiger partial charge in [-0.15, -0.1) is 0 Å². The van der Waals surface area contributed by atoms with Gasteiger partial charge in [-0.2, -0.15) is 0 Å². The number of rotatable bonds is 3. The van der Waals surface area contributed by atoms with Gasteiger partial charge in [-0.3, -0.25) is 4.90 Å². The molecule has 1 aromatic carbocycles. The monoisotopic (exact) mass is 350 g/mol. The molecule has 3 aliphatic heterocycles. The largest absolute Gasteiger partial charge is 0.378 e. The Balaban J connectivity index is 1.30. The highest BCUT2D eigenvalue weighted by molar-refractivity contribution is 5.60. The van der Waals surface area contributed by atoms with E-state index in [1.54, 1.807) is 0 Å². The molecule has 4 rings (SSSR count). The number of hydrogen-bond acceptors (Lipinski definition) is 5. The van der Waals surface area contributed by atoms with Crippen LogP contribution in [0.3, 0.4) is 0 Å². The highest BCUT2D eigenvalue weighted by Gasteiger charge is 2.22. The van der Waals surface area contributed by atoms with Crippen molar-refractivity contribution in [2.75, 3.05) is 52.5 Å². The molecular weight excluding hydrogens is 324 g/mol. The molecule has 0 aliphatic carbocycles. The van der Waals surface area contributed by atoms with Crippen LogP contribution in [0.4, 0.5) is 0 Å². The second-order valence-electron chi connectivity index (χ2n) is 7.03. The summed E-state index contributed by atoms with van der Waals surface area (Å²) in [4.78, 5) is 11.6. The van der Waals surface area contributed by atoms with Crippen LogP contribution in [0, 0.1) is 12.0 Å². The number of nitrogens with zero attached hydrogens (tertiary/aromatic N) is 4. The Labute approximate surface area is 155 Å². The van der Waals surface area contributed by atoms with Crippen molar-refractivity contribution in [3.8, 4) is 12.0 Å². The van der Waals surface area contributed by atoms with Gasteiger partial charge in [-0.25, -0.2) is 4.99 Å². The Morgan fingerprint density at radius 2 is 1.88 bits per heavy atom. The van der Waals surface area contributed by atoms with E-state index in [-0.39, 0.29) is 0 Å². The van der Waals surface area contributed by atoms with Crippen molar-refractivity contribution >= 4 is 6.34 Å². The third-order valence-electron chi connectivity index (χ3n) is 5.04. The zero-order chi connectivity index (χ0) is 17.6. The number of aliphatic imine (C=N–C) groups is 1. The van der Waals surface area contributed by atoms with E-state index in [0.717, 1.165) is 65.4 Å². The topological polar surface area (TPSA) is 31.3 Å². The van der Waals surface area contributed by atoms with Crippen LogP contribution in [0.1, 0.15) is 12.0 Å². The lowest BCUT2D eigenvalue weighted by atomic mass is 10.0. The van der Waals surface area contributed by atoms with Gasteiger partial charge >= 0.3 is 0 Å². The zero-order valence-electron chi connectivity index (χ0n) is 15.2. The second kappa shape index (κ2) is 8.39. The lowest BCUT2D eigenvalue weighted by Gasteiger charge is -2.33. The van der Waals surface area contributed by atoms with Crippen LogP contribution in [0.5, 0.6) is 0 Å². The van der Waals surface area contributed by atoms with Gasteiger partial charge in [-0.1, -0.05) is 36.3 Å². The van der Waals surface area contributed by atoms with Crippen LogP contribution in [0.25, 0.3) is 0 Å². The van der Waals surface area contributed by atoms with Crippen molar-refractivity contribution in [3.05, 3.63) is 47.2 Å². The van der Waals surface area contributed by atoms with E-state index in [9.17, 15) is 0 Å². The fourth-order valence-corrected chi connectivity index (χ4v) is 3.60. The summed E-state index contributed by atoms with van der Waals surface area (Å²) in [6, 6.07) is 13.9. The molecule has 0 amide bonds. The molecule has 0 saturated carbocycles. The van der Waals surface area contributed by atoms with Crippen molar-refractivity contribution in [1.82, 2.24) is 14.7 Å². The normalized spacial score (nSPS) is 20.6. The molecule has 0 radical (unpaired) electrons. The number of morpholine rings is 1. The van der Waals surface area contributed by atoms with Crippen LogP contribution >= 0.6 is 0 Å². The molecule has 0 aromatic heterocycles. The van der Waals surface area contributed by atoms with E-state index in [1.807, 2.05) is 6.34 Å². The maximum Gasteiger partial charge on any atom is 0.0914 e. The minimum Gasteiger partial charge on any atom is -0.378 e. The van der Waals surface area contributed by atoms with Crippen LogP contribution < -0.4 is 0 Å². The number of hydrogen-bond donors (Lipinski definition) is 0. The Morgan fingerprint density at radius 3 is 2.73 bits per heavy atom. The van der Waals surface area contributed by atoms with Gasteiger partial charge in [0.05, 0.1) is 26.1 Å². The molecule has 1 saturated heterocycles. The third-order valence-corrected chi connectivity index (χ3v) is 5.04. The Hall–Kier alpha value is -2.29. The van der Waals surface area contributed by atoms with Crippen LogP contribution in [0.2, 0.25) is 0 Å². The molecule has 26 heavy (non-hydrogen) atoms. The van der Waals surface area contributed by atoms with E-state index in [2.05, 4.69) is 57.0 Å². The minimum atomic E-state index is 0.796. The first-order valence-corrected chi connectivity index (χ1v) is 9.43. The number of benzene rings is 1. The van der Waals surface area contributed by atoms with Crippen molar-refractivity contribution in [1.29, 1.82) is 0 Å². The van der Waals surface area contributed by atoms with Crippen LogP contribution in [0.15, 0.2) is 46.6 Å². The first-order chi connectivity index (χ1) is 12.9. The summed E-state index contributed by atoms with van der Waals surface area (Å²) in [5.41, 5.74) is 4.06.